The van der Waals surface area contributed by atoms with E-state index in [-0.39, 0.29) is 0 Å². The minimum Gasteiger partial charge on any atom is -0.263 e. The summed E-state index contributed by atoms with van der Waals surface area (Å²) < 4.78 is 0. The van der Waals surface area contributed by atoms with Crippen molar-refractivity contribution in [2.45, 2.75) is 0 Å². The molecule has 12 nitrogen and oxygen atoms in total. The van der Waals surface area contributed by atoms with Gasteiger partial charge in [0.25, 0.3) is 0 Å². The summed E-state index contributed by atoms with van der Waals surface area (Å²) in [6.45, 7) is 0. The van der Waals surface area contributed by atoms with Gasteiger partial charge in [0.15, 0.2) is 0 Å². The van der Waals surface area contributed by atoms with Gasteiger partial charge in [-0.25, -0.2) is 0 Å². The van der Waals surface area contributed by atoms with Crippen molar-refractivity contribution in [1.29, 1.82) is 0 Å². The summed E-state index contributed by atoms with van der Waals surface area (Å²) in [7, 11) is 0. The molecule has 0 aliphatic carbocycles. The predicted octanol–water partition coefficient (Wildman–Crippen LogP) is 26.1. The Balaban J connectivity index is 0.000000159. The number of benzene rings is 8. The molecule has 0 fully saturated rings. The van der Waals surface area contributed by atoms with Crippen LogP contribution >= 0.6 is 0 Å². The van der Waals surface area contributed by atoms with Gasteiger partial charge in [0, 0.05) is 143 Å². The molecule has 20 aromatic rings. The first-order valence-electron chi connectivity index (χ1n) is 39.6. The zero-order valence-corrected chi connectivity index (χ0v) is 64.9. The average Bonchev–Trinajstić information content (AvgIpc) is 0.783. The first kappa shape index (κ1) is 73.7. The molecule has 0 unspecified atom stereocenters. The summed E-state index contributed by atoms with van der Waals surface area (Å²) in [4.78, 5) is 55.2. The van der Waals surface area contributed by atoms with Crippen molar-refractivity contribution >= 4 is 0 Å². The number of hydrogen-bond acceptors (Lipinski definition) is 12. The van der Waals surface area contributed by atoms with Gasteiger partial charge in [0.2, 0.25) is 0 Å². The summed E-state index contributed by atoms with van der Waals surface area (Å²) in [5.74, 6) is 0. The lowest BCUT2D eigenvalue weighted by Gasteiger charge is -2.14. The van der Waals surface area contributed by atoms with Crippen LogP contribution in [0.4, 0.5) is 0 Å². The molecular weight excluding hydrogens is 1470 g/mol. The molecular formula is C108H72N12. The first-order chi connectivity index (χ1) is 59.4. The summed E-state index contributed by atoms with van der Waals surface area (Å²) in [5.41, 5.74) is 36.7. The third kappa shape index (κ3) is 16.8. The lowest BCUT2D eigenvalue weighted by molar-refractivity contribution is 1.25. The minimum absolute atomic E-state index is 0.845. The van der Waals surface area contributed by atoms with Crippen molar-refractivity contribution in [3.8, 4) is 201 Å². The second kappa shape index (κ2) is 34.3. The largest absolute Gasteiger partial charge is 0.263 e. The molecule has 0 atom stereocenters. The van der Waals surface area contributed by atoms with Crippen LogP contribution in [0.3, 0.4) is 0 Å². The summed E-state index contributed by atoms with van der Waals surface area (Å²) in [5, 5.41) is 0. The van der Waals surface area contributed by atoms with Crippen molar-refractivity contribution in [3.05, 3.63) is 439 Å². The zero-order valence-electron chi connectivity index (χ0n) is 64.9. The van der Waals surface area contributed by atoms with E-state index >= 15 is 0 Å². The van der Waals surface area contributed by atoms with Crippen LogP contribution in [-0.2, 0) is 0 Å². The maximum atomic E-state index is 4.76. The van der Waals surface area contributed by atoms with Gasteiger partial charge in [-0.15, -0.1) is 0 Å². The Morgan fingerprint density at radius 3 is 0.475 bits per heavy atom. The van der Waals surface area contributed by atoms with Crippen LogP contribution in [0.5, 0.6) is 0 Å². The lowest BCUT2D eigenvalue weighted by atomic mass is 9.90. The maximum Gasteiger partial charge on any atom is 0.0886 e. The molecule has 0 radical (unpaired) electrons. The molecule has 20 rings (SSSR count). The van der Waals surface area contributed by atoms with E-state index in [1.165, 1.54) is 0 Å². The summed E-state index contributed by atoms with van der Waals surface area (Å²) in [6, 6.07) is 120. The lowest BCUT2D eigenvalue weighted by Crippen LogP contribution is -1.90. The van der Waals surface area contributed by atoms with Crippen LogP contribution in [0, 0.1) is 0 Å². The highest BCUT2D eigenvalue weighted by Gasteiger charge is 2.17. The van der Waals surface area contributed by atoms with Crippen LogP contribution in [0.25, 0.3) is 201 Å². The van der Waals surface area contributed by atoms with Gasteiger partial charge in [-0.2, -0.15) is 0 Å². The summed E-state index contributed by atoms with van der Waals surface area (Å²) >= 11 is 0. The third-order valence-corrected chi connectivity index (χ3v) is 21.2. The average molecular weight is 1540 g/mol. The van der Waals surface area contributed by atoms with Crippen molar-refractivity contribution in [2.24, 2.45) is 0 Å². The quantitative estimate of drug-likeness (QED) is 0.0803. The molecule has 0 saturated heterocycles. The molecule has 12 aromatic heterocycles. The molecule has 12 heterocycles. The van der Waals surface area contributed by atoms with Crippen LogP contribution < -0.4 is 0 Å². The van der Waals surface area contributed by atoms with Crippen LogP contribution in [0.1, 0.15) is 0 Å². The normalized spacial score (nSPS) is 11.0. The highest BCUT2D eigenvalue weighted by molar-refractivity contribution is 5.89. The summed E-state index contributed by atoms with van der Waals surface area (Å²) in [6.07, 6.45) is 27.9. The van der Waals surface area contributed by atoms with Gasteiger partial charge < -0.3 is 0 Å². The van der Waals surface area contributed by atoms with Crippen LogP contribution in [-0.4, -0.2) is 59.8 Å². The first-order valence-corrected chi connectivity index (χ1v) is 39.6. The monoisotopic (exact) mass is 1540 g/mol. The maximum absolute atomic E-state index is 4.76. The van der Waals surface area contributed by atoms with E-state index in [1.54, 1.807) is 18.6 Å². The van der Waals surface area contributed by atoms with Gasteiger partial charge in [-0.1, -0.05) is 164 Å². The molecule has 0 aliphatic heterocycles. The molecule has 12 heteroatoms. The second-order valence-electron chi connectivity index (χ2n) is 29.1. The van der Waals surface area contributed by atoms with E-state index in [0.29, 0.717) is 0 Å². The molecule has 8 aromatic carbocycles. The smallest absolute Gasteiger partial charge is 0.0886 e. The number of aromatic nitrogens is 12. The molecule has 0 amide bonds. The molecule has 0 spiro atoms. The number of hydrogen-bond donors (Lipinski definition) is 0. The van der Waals surface area contributed by atoms with Gasteiger partial charge in [-0.3, -0.25) is 59.8 Å². The Bertz CT molecular complexity index is 6290. The van der Waals surface area contributed by atoms with Crippen LogP contribution in [0.15, 0.2) is 439 Å². The Morgan fingerprint density at radius 2 is 0.275 bits per heavy atom. The van der Waals surface area contributed by atoms with Crippen molar-refractivity contribution < 1.29 is 0 Å². The fourth-order valence-corrected chi connectivity index (χ4v) is 15.0. The minimum atomic E-state index is 0.845. The fourth-order valence-electron chi connectivity index (χ4n) is 15.0. The topological polar surface area (TPSA) is 155 Å². The zero-order chi connectivity index (χ0) is 80.2. The highest BCUT2D eigenvalue weighted by atomic mass is 14.8. The fraction of sp³-hybridized carbons (Fsp3) is 0. The van der Waals surface area contributed by atoms with E-state index in [2.05, 4.69) is 263 Å². The van der Waals surface area contributed by atoms with E-state index in [4.69, 9.17) is 15.0 Å². The van der Waals surface area contributed by atoms with Gasteiger partial charge in [0.05, 0.1) is 51.2 Å². The predicted molar refractivity (Wildman–Crippen MR) is 484 cm³/mol. The SMILES string of the molecule is c1ccc(-c2ccc(-c3cccc(-c4cc(-c5cccc(-c6ccc(-c7ccccn7)nc6)c5)cc(-c5cccc(-c6ccc(-c7ccccn7)nc6)c5)c4)c3)cn2)nc1.c1ccc(-c2cncc(-c3cccc(-c4cc(-c5cccc(-c6cncc(-c7ccccn7)c6)c5)cc(-c5cccc(-c6cncc(-c7ccccn7)c6)c5)c4)c3)c2)nc1. The second-order valence-corrected chi connectivity index (χ2v) is 29.1. The Labute approximate surface area is 695 Å². The number of rotatable bonds is 18. The Kier molecular flexibility index (Phi) is 21.1. The van der Waals surface area contributed by atoms with E-state index < -0.39 is 0 Å². The van der Waals surface area contributed by atoms with Gasteiger partial charge >= 0.3 is 0 Å². The van der Waals surface area contributed by atoms with Gasteiger partial charge in [-0.05, 0) is 282 Å². The molecule has 0 aliphatic rings. The van der Waals surface area contributed by atoms with E-state index in [0.717, 1.165) is 201 Å². The molecule has 120 heavy (non-hydrogen) atoms. The molecule has 0 N–H and O–H groups in total. The van der Waals surface area contributed by atoms with Crippen molar-refractivity contribution in [2.75, 3.05) is 0 Å². The highest BCUT2D eigenvalue weighted by Crippen LogP contribution is 2.41. The van der Waals surface area contributed by atoms with E-state index in [9.17, 15) is 0 Å². The van der Waals surface area contributed by atoms with Crippen LogP contribution in [0.2, 0.25) is 0 Å². The van der Waals surface area contributed by atoms with Gasteiger partial charge in [0.1, 0.15) is 0 Å². The van der Waals surface area contributed by atoms with Crippen molar-refractivity contribution in [3.63, 3.8) is 0 Å². The third-order valence-electron chi connectivity index (χ3n) is 21.2. The number of pyridine rings is 12. The molecule has 0 bridgehead atoms. The van der Waals surface area contributed by atoms with Crippen molar-refractivity contribution in [1.82, 2.24) is 59.8 Å². The standard InChI is InChI=1S/2C54H36N6/c1-4-25-55-49(16-1)52-22-19-43(34-58-52)37-10-7-13-40(28-37)46-31-47(41-14-8-11-38(29-41)44-20-23-53(59-35-44)50-17-2-5-26-56-50)33-48(32-46)42-15-9-12-39(30-42)45-21-24-54(60-36-45)51-18-3-6-27-57-51;1-4-19-58-52(16-1)49-28-46(31-55-34-49)40-13-7-10-37(22-40)43-25-44(38-11-8-14-41(23-38)47-29-50(35-56-32-47)53-17-2-5-20-59-53)27-45(26-43)39-12-9-15-42(24-39)48-30-51(36-57-33-48)54-18-3-6-21-60-54/h2*1-36H. The number of nitrogens with zero attached hydrogens (tertiary/aromatic N) is 12. The Morgan fingerprint density at radius 1 is 0.100 bits per heavy atom. The molecule has 0 saturated carbocycles. The Hall–Kier alpha value is -16.4. The molecule has 564 valence electrons. The van der Waals surface area contributed by atoms with E-state index in [1.807, 2.05) is 202 Å².